The Morgan fingerprint density at radius 2 is 0.938 bits per heavy atom. The SMILES string of the molecule is CNC(=O)COCCOCCNC(=O)COCCOCCNC(=O)CC[C@H](NC(=O)C1CCC(CNC(=O)CCCCCCCCCCCCCCCCCCC(=O)O)CC1)C(=O)O. The molecule has 1 aliphatic carbocycles. The molecule has 1 rings (SSSR count). The fraction of sp³-hybridized carbons (Fsp3) is 0.848. The summed E-state index contributed by atoms with van der Waals surface area (Å²) in [5.74, 6) is -3.04. The van der Waals surface area contributed by atoms with Gasteiger partial charge < -0.3 is 55.7 Å². The van der Waals surface area contributed by atoms with E-state index in [2.05, 4.69) is 26.6 Å². The third-order valence-corrected chi connectivity index (χ3v) is 11.3. The molecule has 0 aliphatic heterocycles. The summed E-state index contributed by atoms with van der Waals surface area (Å²) in [5.41, 5.74) is 0. The van der Waals surface area contributed by atoms with Crippen LogP contribution >= 0.6 is 0 Å². The normalized spacial score (nSPS) is 15.2. The zero-order valence-electron chi connectivity index (χ0n) is 38.9. The lowest BCUT2D eigenvalue weighted by molar-refractivity contribution is -0.143. The highest BCUT2D eigenvalue weighted by atomic mass is 16.5. The molecular weight excluding hydrogens is 831 g/mol. The zero-order chi connectivity index (χ0) is 46.9. The second kappa shape index (κ2) is 40.6. The van der Waals surface area contributed by atoms with Crippen LogP contribution < -0.4 is 26.6 Å². The molecule has 1 aliphatic rings. The smallest absolute Gasteiger partial charge is 0.326 e. The molecule has 18 nitrogen and oxygen atoms in total. The number of aliphatic carboxylic acids is 2. The number of hydrogen-bond donors (Lipinski definition) is 7. The summed E-state index contributed by atoms with van der Waals surface area (Å²) in [5, 5.41) is 31.8. The van der Waals surface area contributed by atoms with Crippen molar-refractivity contribution in [2.24, 2.45) is 11.8 Å². The summed E-state index contributed by atoms with van der Waals surface area (Å²) in [6.07, 6.45) is 22.2. The van der Waals surface area contributed by atoms with E-state index in [1.165, 1.54) is 71.3 Å². The Balaban J connectivity index is 1.99. The Bertz CT molecular complexity index is 1280. The molecule has 0 aromatic rings. The van der Waals surface area contributed by atoms with E-state index < -0.39 is 18.0 Å². The van der Waals surface area contributed by atoms with Crippen molar-refractivity contribution in [3.8, 4) is 0 Å². The topological polar surface area (TPSA) is 257 Å². The molecule has 18 heteroatoms. The Morgan fingerprint density at radius 1 is 0.500 bits per heavy atom. The van der Waals surface area contributed by atoms with E-state index in [4.69, 9.17) is 24.1 Å². The molecule has 0 aromatic heterocycles. The predicted molar refractivity (Wildman–Crippen MR) is 241 cm³/mol. The van der Waals surface area contributed by atoms with Crippen LogP contribution in [0.5, 0.6) is 0 Å². The lowest BCUT2D eigenvalue weighted by atomic mass is 9.81. The van der Waals surface area contributed by atoms with Crippen molar-refractivity contribution in [3.63, 3.8) is 0 Å². The Morgan fingerprint density at radius 3 is 1.42 bits per heavy atom. The van der Waals surface area contributed by atoms with Crippen molar-refractivity contribution in [2.45, 2.75) is 160 Å². The van der Waals surface area contributed by atoms with Crippen LogP contribution in [0.25, 0.3) is 0 Å². The van der Waals surface area contributed by atoms with Gasteiger partial charge in [0.25, 0.3) is 0 Å². The van der Waals surface area contributed by atoms with Crippen molar-refractivity contribution in [2.75, 3.05) is 79.5 Å². The van der Waals surface area contributed by atoms with Gasteiger partial charge >= 0.3 is 11.9 Å². The summed E-state index contributed by atoms with van der Waals surface area (Å²) < 4.78 is 21.1. The average molecular weight is 914 g/mol. The molecule has 0 spiro atoms. The van der Waals surface area contributed by atoms with Crippen LogP contribution in [-0.2, 0) is 52.5 Å². The zero-order valence-corrected chi connectivity index (χ0v) is 38.9. The fourth-order valence-electron chi connectivity index (χ4n) is 7.34. The Kier molecular flexibility index (Phi) is 36.9. The quantitative estimate of drug-likeness (QED) is 0.0419. The summed E-state index contributed by atoms with van der Waals surface area (Å²) in [6.45, 7) is 2.33. The lowest BCUT2D eigenvalue weighted by Gasteiger charge is -2.28. The van der Waals surface area contributed by atoms with Gasteiger partial charge in [-0.3, -0.25) is 28.8 Å². The molecule has 370 valence electrons. The van der Waals surface area contributed by atoms with Crippen LogP contribution in [0.1, 0.15) is 154 Å². The van der Waals surface area contributed by atoms with Gasteiger partial charge in [-0.05, 0) is 50.9 Å². The van der Waals surface area contributed by atoms with E-state index >= 15 is 0 Å². The fourth-order valence-corrected chi connectivity index (χ4v) is 7.34. The number of unbranched alkanes of at least 4 members (excludes halogenated alkanes) is 15. The summed E-state index contributed by atoms with van der Waals surface area (Å²) in [7, 11) is 1.52. The van der Waals surface area contributed by atoms with Crippen LogP contribution in [0.15, 0.2) is 0 Å². The maximum atomic E-state index is 12.9. The van der Waals surface area contributed by atoms with Crippen LogP contribution in [0.3, 0.4) is 0 Å². The molecule has 1 atom stereocenters. The maximum Gasteiger partial charge on any atom is 0.326 e. The molecule has 7 N–H and O–H groups in total. The summed E-state index contributed by atoms with van der Waals surface area (Å²) in [4.78, 5) is 82.9. The van der Waals surface area contributed by atoms with Gasteiger partial charge in [-0.15, -0.1) is 0 Å². The van der Waals surface area contributed by atoms with Gasteiger partial charge in [0.1, 0.15) is 19.3 Å². The number of hydrogen-bond acceptors (Lipinski definition) is 11. The number of nitrogens with one attached hydrogen (secondary N) is 5. The third kappa shape index (κ3) is 35.5. The number of likely N-dealkylation sites (N-methyl/N-ethyl adjacent to an activating group) is 1. The molecule has 0 saturated heterocycles. The number of carbonyl (C=O) groups excluding carboxylic acids is 5. The molecule has 0 unspecified atom stereocenters. The predicted octanol–water partition coefficient (Wildman–Crippen LogP) is 4.41. The van der Waals surface area contributed by atoms with Gasteiger partial charge in [-0.25, -0.2) is 4.79 Å². The van der Waals surface area contributed by atoms with Crippen LogP contribution in [0.4, 0.5) is 0 Å². The molecule has 5 amide bonds. The van der Waals surface area contributed by atoms with Gasteiger partial charge in [0, 0.05) is 51.9 Å². The van der Waals surface area contributed by atoms with Crippen molar-refractivity contribution in [1.29, 1.82) is 0 Å². The number of ether oxygens (including phenoxy) is 4. The second-order valence-corrected chi connectivity index (χ2v) is 16.7. The minimum Gasteiger partial charge on any atom is -0.481 e. The average Bonchev–Trinajstić information content (AvgIpc) is 3.28. The van der Waals surface area contributed by atoms with Crippen molar-refractivity contribution in [3.05, 3.63) is 0 Å². The highest BCUT2D eigenvalue weighted by Crippen LogP contribution is 2.29. The van der Waals surface area contributed by atoms with Crippen molar-refractivity contribution < 1.29 is 62.7 Å². The third-order valence-electron chi connectivity index (χ3n) is 11.3. The van der Waals surface area contributed by atoms with E-state index in [1.54, 1.807) is 0 Å². The van der Waals surface area contributed by atoms with E-state index in [1.807, 2.05) is 0 Å². The van der Waals surface area contributed by atoms with Crippen LogP contribution in [-0.4, -0.2) is 137 Å². The van der Waals surface area contributed by atoms with Gasteiger partial charge in [0.2, 0.25) is 29.5 Å². The van der Waals surface area contributed by atoms with Crippen LogP contribution in [0.2, 0.25) is 0 Å². The number of rotatable bonds is 43. The number of carboxylic acid groups (broad SMARTS) is 2. The summed E-state index contributed by atoms with van der Waals surface area (Å²) >= 11 is 0. The van der Waals surface area contributed by atoms with Gasteiger partial charge in [-0.2, -0.15) is 0 Å². The van der Waals surface area contributed by atoms with E-state index in [9.17, 15) is 38.7 Å². The highest BCUT2D eigenvalue weighted by molar-refractivity contribution is 5.85. The standard InChI is InChI=1S/C46H83N5O13/c1-47-42(54)35-63-32-30-62-29-27-49-43(55)36-64-33-31-61-28-26-48-41(53)25-24-39(46(59)60)51-45(58)38-22-20-37(21-23-38)34-50-40(52)18-16-14-12-10-8-6-4-2-3-5-7-9-11-13-15-17-19-44(56)57/h37-39H,2-36H2,1H3,(H,47,54)(H,48,53)(H,49,55)(H,50,52)(H,51,58)(H,56,57)(H,59,60)/t37?,38?,39-/m0/s1. The van der Waals surface area contributed by atoms with E-state index in [-0.39, 0.29) is 107 Å². The number of amides is 5. The second-order valence-electron chi connectivity index (χ2n) is 16.7. The number of carboxylic acids is 2. The molecule has 0 bridgehead atoms. The molecule has 0 aromatic carbocycles. The molecule has 0 radical (unpaired) electrons. The molecule has 64 heavy (non-hydrogen) atoms. The minimum absolute atomic E-state index is 0.0352. The van der Waals surface area contributed by atoms with Crippen molar-refractivity contribution >= 4 is 41.5 Å². The lowest BCUT2D eigenvalue weighted by Crippen LogP contribution is -2.45. The molecule has 1 fully saturated rings. The first-order valence-corrected chi connectivity index (χ1v) is 24.1. The first-order valence-electron chi connectivity index (χ1n) is 24.1. The largest absolute Gasteiger partial charge is 0.481 e. The molecule has 0 heterocycles. The van der Waals surface area contributed by atoms with Crippen molar-refractivity contribution in [1.82, 2.24) is 26.6 Å². The Hall–Kier alpha value is -3.87. The van der Waals surface area contributed by atoms with E-state index in [0.29, 0.717) is 45.4 Å². The van der Waals surface area contributed by atoms with Gasteiger partial charge in [0.05, 0.1) is 39.6 Å². The first kappa shape index (κ1) is 58.1. The van der Waals surface area contributed by atoms with E-state index in [0.717, 1.165) is 51.4 Å². The monoisotopic (exact) mass is 914 g/mol. The van der Waals surface area contributed by atoms with Gasteiger partial charge in [0.15, 0.2) is 0 Å². The molecular formula is C46H83N5O13. The molecule has 1 saturated carbocycles. The number of carbonyl (C=O) groups is 7. The van der Waals surface area contributed by atoms with Gasteiger partial charge in [-0.1, -0.05) is 89.9 Å². The first-order chi connectivity index (χ1) is 31.0. The maximum absolute atomic E-state index is 12.9. The minimum atomic E-state index is -1.20. The highest BCUT2D eigenvalue weighted by Gasteiger charge is 2.29. The van der Waals surface area contributed by atoms with Crippen LogP contribution in [0, 0.1) is 11.8 Å². The summed E-state index contributed by atoms with van der Waals surface area (Å²) in [6, 6.07) is -1.18. The Labute approximate surface area is 381 Å².